The minimum Gasteiger partial charge on any atom is -0.291 e. The van der Waals surface area contributed by atoms with Gasteiger partial charge in [0.1, 0.15) is 5.92 Å². The lowest BCUT2D eigenvalue weighted by Gasteiger charge is -2.06. The standard InChI is InChI=1S/C14H11NOS/c1-10-7-8-13(17-10)14(16)12(9-15)11-5-3-2-4-6-11/h2-8,12H,1H3. The van der Waals surface area contributed by atoms with Gasteiger partial charge in [-0.15, -0.1) is 11.3 Å². The fourth-order valence-corrected chi connectivity index (χ4v) is 2.48. The number of thiophene rings is 1. The number of carbonyl (C=O) groups excluding carboxylic acids is 1. The Morgan fingerprint density at radius 3 is 2.47 bits per heavy atom. The largest absolute Gasteiger partial charge is 0.291 e. The summed E-state index contributed by atoms with van der Waals surface area (Å²) in [5, 5.41) is 9.15. The maximum absolute atomic E-state index is 12.2. The Bertz CT molecular complexity index is 565. The first-order valence-electron chi connectivity index (χ1n) is 5.27. The van der Waals surface area contributed by atoms with Crippen LogP contribution in [-0.4, -0.2) is 5.78 Å². The van der Waals surface area contributed by atoms with E-state index in [4.69, 9.17) is 5.26 Å². The van der Waals surface area contributed by atoms with Crippen LogP contribution in [0.5, 0.6) is 0 Å². The third kappa shape index (κ3) is 2.43. The van der Waals surface area contributed by atoms with Crippen molar-refractivity contribution < 1.29 is 4.79 Å². The van der Waals surface area contributed by atoms with Gasteiger partial charge >= 0.3 is 0 Å². The number of benzene rings is 1. The van der Waals surface area contributed by atoms with E-state index in [1.54, 1.807) is 6.07 Å². The van der Waals surface area contributed by atoms with Gasteiger partial charge in [0.2, 0.25) is 0 Å². The van der Waals surface area contributed by atoms with E-state index in [9.17, 15) is 4.79 Å². The summed E-state index contributed by atoms with van der Waals surface area (Å²) in [7, 11) is 0. The Morgan fingerprint density at radius 2 is 1.94 bits per heavy atom. The number of hydrogen-bond acceptors (Lipinski definition) is 3. The molecule has 0 spiro atoms. The molecule has 2 rings (SSSR count). The van der Waals surface area contributed by atoms with Crippen LogP contribution < -0.4 is 0 Å². The van der Waals surface area contributed by atoms with Crippen LogP contribution in [0.15, 0.2) is 42.5 Å². The van der Waals surface area contributed by atoms with E-state index in [2.05, 4.69) is 6.07 Å². The molecule has 0 N–H and O–H groups in total. The zero-order valence-electron chi connectivity index (χ0n) is 9.38. The number of Topliss-reactive ketones (excluding diaryl/α,β-unsaturated/α-hetero) is 1. The molecule has 0 aliphatic carbocycles. The second-order valence-electron chi connectivity index (χ2n) is 3.75. The number of nitrogens with zero attached hydrogens (tertiary/aromatic N) is 1. The van der Waals surface area contributed by atoms with Crippen LogP contribution in [0.25, 0.3) is 0 Å². The first kappa shape index (κ1) is 11.6. The minimum absolute atomic E-state index is 0.114. The van der Waals surface area contributed by atoms with Crippen LogP contribution >= 0.6 is 11.3 Å². The summed E-state index contributed by atoms with van der Waals surface area (Å²) in [4.78, 5) is 13.9. The van der Waals surface area contributed by atoms with Gasteiger partial charge in [0.15, 0.2) is 5.78 Å². The molecule has 1 heterocycles. The molecule has 1 aromatic heterocycles. The number of nitriles is 1. The minimum atomic E-state index is -0.700. The van der Waals surface area contributed by atoms with Gasteiger partial charge in [0.05, 0.1) is 10.9 Å². The lowest BCUT2D eigenvalue weighted by molar-refractivity contribution is 0.0983. The van der Waals surface area contributed by atoms with Crippen molar-refractivity contribution in [3.8, 4) is 6.07 Å². The van der Waals surface area contributed by atoms with Crippen molar-refractivity contribution >= 4 is 17.1 Å². The van der Waals surface area contributed by atoms with E-state index in [0.29, 0.717) is 4.88 Å². The summed E-state index contributed by atoms with van der Waals surface area (Å²) >= 11 is 1.43. The molecule has 0 amide bonds. The summed E-state index contributed by atoms with van der Waals surface area (Å²) in [6.45, 7) is 1.95. The molecule has 1 atom stereocenters. The first-order chi connectivity index (χ1) is 8.22. The Balaban J connectivity index is 2.32. The van der Waals surface area contributed by atoms with E-state index in [-0.39, 0.29) is 5.78 Å². The monoisotopic (exact) mass is 241 g/mol. The zero-order chi connectivity index (χ0) is 12.3. The van der Waals surface area contributed by atoms with E-state index in [0.717, 1.165) is 10.4 Å². The second-order valence-corrected chi connectivity index (χ2v) is 5.04. The number of hydrogen-bond donors (Lipinski definition) is 0. The SMILES string of the molecule is Cc1ccc(C(=O)C(C#N)c2ccccc2)s1. The molecule has 1 unspecified atom stereocenters. The third-order valence-electron chi connectivity index (χ3n) is 2.51. The van der Waals surface area contributed by atoms with Gasteiger partial charge in [0, 0.05) is 4.88 Å². The highest BCUT2D eigenvalue weighted by Gasteiger charge is 2.22. The maximum atomic E-state index is 12.2. The highest BCUT2D eigenvalue weighted by atomic mass is 32.1. The van der Waals surface area contributed by atoms with Crippen LogP contribution in [0.2, 0.25) is 0 Å². The molecular formula is C14H11NOS. The van der Waals surface area contributed by atoms with Crippen molar-refractivity contribution in [3.05, 3.63) is 57.8 Å². The van der Waals surface area contributed by atoms with E-state index < -0.39 is 5.92 Å². The fraction of sp³-hybridized carbons (Fsp3) is 0.143. The normalized spacial score (nSPS) is 11.8. The molecule has 0 radical (unpaired) electrons. The fourth-order valence-electron chi connectivity index (χ4n) is 1.64. The van der Waals surface area contributed by atoms with Gasteiger partial charge in [-0.05, 0) is 24.6 Å². The topological polar surface area (TPSA) is 40.9 Å². The molecule has 2 nitrogen and oxygen atoms in total. The average molecular weight is 241 g/mol. The molecule has 0 bridgehead atoms. The lowest BCUT2D eigenvalue weighted by Crippen LogP contribution is -2.09. The van der Waals surface area contributed by atoms with E-state index in [1.807, 2.05) is 43.3 Å². The van der Waals surface area contributed by atoms with Gasteiger partial charge in [-0.2, -0.15) is 5.26 Å². The van der Waals surface area contributed by atoms with Crippen molar-refractivity contribution in [1.29, 1.82) is 5.26 Å². The molecule has 2 aromatic rings. The molecular weight excluding hydrogens is 230 g/mol. The Kier molecular flexibility index (Phi) is 3.36. The Labute approximate surface area is 104 Å². The third-order valence-corrected chi connectivity index (χ3v) is 3.52. The van der Waals surface area contributed by atoms with Gasteiger partial charge in [-0.3, -0.25) is 4.79 Å². The number of ketones is 1. The van der Waals surface area contributed by atoms with Crippen LogP contribution in [0.4, 0.5) is 0 Å². The molecule has 0 fully saturated rings. The Morgan fingerprint density at radius 1 is 1.24 bits per heavy atom. The second kappa shape index (κ2) is 4.94. The van der Waals surface area contributed by atoms with Crippen molar-refractivity contribution in [2.75, 3.05) is 0 Å². The Hall–Kier alpha value is -1.92. The molecule has 1 aromatic carbocycles. The quantitative estimate of drug-likeness (QED) is 0.771. The average Bonchev–Trinajstić information content (AvgIpc) is 2.78. The highest BCUT2D eigenvalue weighted by molar-refractivity contribution is 7.14. The molecule has 3 heteroatoms. The predicted octanol–water partition coefficient (Wildman–Crippen LogP) is 3.55. The predicted molar refractivity (Wildman–Crippen MR) is 68.2 cm³/mol. The molecule has 0 aliphatic rings. The number of carbonyl (C=O) groups is 1. The van der Waals surface area contributed by atoms with Crippen molar-refractivity contribution in [3.63, 3.8) is 0 Å². The highest BCUT2D eigenvalue weighted by Crippen LogP contribution is 2.24. The van der Waals surface area contributed by atoms with Crippen molar-refractivity contribution in [1.82, 2.24) is 0 Å². The van der Waals surface area contributed by atoms with Gasteiger partial charge in [0.25, 0.3) is 0 Å². The number of aryl methyl sites for hydroxylation is 1. The number of rotatable bonds is 3. The summed E-state index contributed by atoms with van der Waals surface area (Å²) in [6.07, 6.45) is 0. The molecule has 0 saturated carbocycles. The van der Waals surface area contributed by atoms with Gasteiger partial charge < -0.3 is 0 Å². The van der Waals surface area contributed by atoms with Crippen LogP contribution in [0.3, 0.4) is 0 Å². The van der Waals surface area contributed by atoms with E-state index in [1.165, 1.54) is 11.3 Å². The summed E-state index contributed by atoms with van der Waals surface area (Å²) in [6, 6.07) is 14.9. The summed E-state index contributed by atoms with van der Waals surface area (Å²) in [5.41, 5.74) is 0.756. The van der Waals surface area contributed by atoms with Crippen LogP contribution in [0, 0.1) is 18.3 Å². The lowest BCUT2D eigenvalue weighted by atomic mass is 9.95. The van der Waals surface area contributed by atoms with Crippen molar-refractivity contribution in [2.24, 2.45) is 0 Å². The molecule has 84 valence electrons. The summed E-state index contributed by atoms with van der Waals surface area (Å²) < 4.78 is 0. The molecule has 0 aliphatic heterocycles. The zero-order valence-corrected chi connectivity index (χ0v) is 10.2. The van der Waals surface area contributed by atoms with Crippen LogP contribution in [-0.2, 0) is 0 Å². The van der Waals surface area contributed by atoms with Gasteiger partial charge in [-0.25, -0.2) is 0 Å². The smallest absolute Gasteiger partial charge is 0.194 e. The molecule has 17 heavy (non-hydrogen) atoms. The maximum Gasteiger partial charge on any atom is 0.194 e. The van der Waals surface area contributed by atoms with Crippen molar-refractivity contribution in [2.45, 2.75) is 12.8 Å². The molecule has 0 saturated heterocycles. The van der Waals surface area contributed by atoms with Gasteiger partial charge in [-0.1, -0.05) is 30.3 Å². The van der Waals surface area contributed by atoms with Crippen LogP contribution in [0.1, 0.15) is 26.0 Å². The first-order valence-corrected chi connectivity index (χ1v) is 6.09. The summed E-state index contributed by atoms with van der Waals surface area (Å²) in [5.74, 6) is -0.814. The van der Waals surface area contributed by atoms with E-state index >= 15 is 0 Å².